The topological polar surface area (TPSA) is 201 Å². The van der Waals surface area contributed by atoms with Crippen molar-refractivity contribution in [2.24, 2.45) is 0 Å². The predicted molar refractivity (Wildman–Crippen MR) is 132 cm³/mol. The van der Waals surface area contributed by atoms with Crippen LogP contribution in [-0.4, -0.2) is 46.5 Å². The number of phenols is 1. The Labute approximate surface area is 213 Å². The SMILES string of the molecule is O=C(O)c1cc(NC(=O)c2cc(S(=O)(=O)c3ccc([N+](=O)[O-])cc3)c3ccccc3c2O)cc(C(=O)O)c1. The van der Waals surface area contributed by atoms with Crippen LogP contribution in [-0.2, 0) is 9.84 Å². The van der Waals surface area contributed by atoms with E-state index in [1.54, 1.807) is 0 Å². The molecule has 0 saturated heterocycles. The van der Waals surface area contributed by atoms with Crippen molar-refractivity contribution in [3.63, 3.8) is 0 Å². The number of carboxylic acids is 2. The average Bonchev–Trinajstić information content (AvgIpc) is 2.88. The van der Waals surface area contributed by atoms with Crippen LogP contribution < -0.4 is 5.32 Å². The molecule has 0 unspecified atom stereocenters. The van der Waals surface area contributed by atoms with Gasteiger partial charge in [0.05, 0.1) is 31.4 Å². The maximum absolute atomic E-state index is 13.5. The van der Waals surface area contributed by atoms with Gasteiger partial charge in [-0.1, -0.05) is 24.3 Å². The number of sulfone groups is 1. The summed E-state index contributed by atoms with van der Waals surface area (Å²) in [6.45, 7) is 0. The third-order valence-corrected chi connectivity index (χ3v) is 7.36. The summed E-state index contributed by atoms with van der Waals surface area (Å²) in [5.74, 6) is -4.52. The van der Waals surface area contributed by atoms with E-state index in [1.807, 2.05) is 0 Å². The monoisotopic (exact) mass is 536 g/mol. The quantitative estimate of drug-likeness (QED) is 0.198. The number of nitro benzene ring substituents is 1. The number of carbonyl (C=O) groups is 3. The minimum Gasteiger partial charge on any atom is -0.506 e. The molecule has 0 aliphatic rings. The molecule has 192 valence electrons. The van der Waals surface area contributed by atoms with Crippen molar-refractivity contribution in [1.82, 2.24) is 0 Å². The Balaban J connectivity index is 1.85. The standard InChI is InChI=1S/C25H16N2O10S/c28-22-19-4-2-1-3-18(19)21(38(36,37)17-7-5-16(6-8-17)27(34)35)12-20(22)23(29)26-15-10-13(24(30)31)9-14(11-15)25(32)33/h1-12,28H,(H,26,29)(H,30,31)(H,32,33). The summed E-state index contributed by atoms with van der Waals surface area (Å²) < 4.78 is 27.0. The molecule has 0 heterocycles. The number of benzene rings is 4. The fourth-order valence-electron chi connectivity index (χ4n) is 3.74. The van der Waals surface area contributed by atoms with Gasteiger partial charge >= 0.3 is 11.9 Å². The number of hydrogen-bond acceptors (Lipinski definition) is 8. The molecule has 0 radical (unpaired) electrons. The summed E-state index contributed by atoms with van der Waals surface area (Å²) in [5, 5.41) is 42.7. The Hall–Kier alpha value is -5.30. The summed E-state index contributed by atoms with van der Waals surface area (Å²) in [7, 11) is -4.36. The second kappa shape index (κ2) is 9.63. The van der Waals surface area contributed by atoms with Gasteiger partial charge in [0.1, 0.15) is 5.75 Å². The number of hydrogen-bond donors (Lipinski definition) is 4. The zero-order valence-electron chi connectivity index (χ0n) is 19.0. The molecule has 0 aliphatic heterocycles. The van der Waals surface area contributed by atoms with Gasteiger partial charge in [-0.05, 0) is 36.4 Å². The first-order chi connectivity index (χ1) is 17.9. The Morgan fingerprint density at radius 2 is 1.37 bits per heavy atom. The lowest BCUT2D eigenvalue weighted by atomic mass is 10.0. The molecular weight excluding hydrogens is 520 g/mol. The van der Waals surface area contributed by atoms with Gasteiger partial charge in [-0.2, -0.15) is 0 Å². The zero-order chi connectivity index (χ0) is 27.8. The first kappa shape index (κ1) is 25.8. The summed E-state index contributed by atoms with van der Waals surface area (Å²) in [4.78, 5) is 45.5. The Morgan fingerprint density at radius 3 is 1.89 bits per heavy atom. The number of carboxylic acid groups (broad SMARTS) is 2. The molecule has 4 aromatic carbocycles. The second-order valence-electron chi connectivity index (χ2n) is 7.93. The molecule has 0 aliphatic carbocycles. The van der Waals surface area contributed by atoms with E-state index in [-0.39, 0.29) is 31.9 Å². The minimum absolute atomic E-state index is 0.00569. The molecule has 0 bridgehead atoms. The fraction of sp³-hybridized carbons (Fsp3) is 0. The first-order valence-electron chi connectivity index (χ1n) is 10.6. The van der Waals surface area contributed by atoms with Gasteiger partial charge in [0.15, 0.2) is 0 Å². The lowest BCUT2D eigenvalue weighted by Gasteiger charge is -2.14. The molecule has 38 heavy (non-hydrogen) atoms. The lowest BCUT2D eigenvalue weighted by molar-refractivity contribution is -0.384. The van der Waals surface area contributed by atoms with Crippen LogP contribution in [0.1, 0.15) is 31.1 Å². The second-order valence-corrected chi connectivity index (χ2v) is 9.85. The molecule has 0 spiro atoms. The zero-order valence-corrected chi connectivity index (χ0v) is 19.8. The van der Waals surface area contributed by atoms with Gasteiger partial charge in [0.2, 0.25) is 9.84 Å². The van der Waals surface area contributed by atoms with Crippen molar-refractivity contribution in [2.75, 3.05) is 5.32 Å². The Bertz CT molecular complexity index is 1730. The normalized spacial score (nSPS) is 11.2. The Kier molecular flexibility index (Phi) is 6.53. The van der Waals surface area contributed by atoms with E-state index in [2.05, 4.69) is 5.32 Å². The first-order valence-corrected chi connectivity index (χ1v) is 12.1. The highest BCUT2D eigenvalue weighted by Crippen LogP contribution is 2.37. The van der Waals surface area contributed by atoms with E-state index in [4.69, 9.17) is 0 Å². The van der Waals surface area contributed by atoms with E-state index in [0.717, 1.165) is 48.5 Å². The predicted octanol–water partition coefficient (Wildman–Crippen LogP) is 3.94. The van der Waals surface area contributed by atoms with Crippen molar-refractivity contribution in [3.05, 3.63) is 99.6 Å². The summed E-state index contributed by atoms with van der Waals surface area (Å²) >= 11 is 0. The van der Waals surface area contributed by atoms with Gasteiger partial charge in [-0.15, -0.1) is 0 Å². The van der Waals surface area contributed by atoms with E-state index in [0.29, 0.717) is 0 Å². The van der Waals surface area contributed by atoms with Crippen molar-refractivity contribution < 1.29 is 43.0 Å². The molecule has 12 nitrogen and oxygen atoms in total. The van der Waals surface area contributed by atoms with E-state index in [1.165, 1.54) is 24.3 Å². The maximum Gasteiger partial charge on any atom is 0.335 e. The van der Waals surface area contributed by atoms with Crippen LogP contribution in [0.4, 0.5) is 11.4 Å². The minimum atomic E-state index is -4.36. The number of rotatable bonds is 7. The molecule has 0 fully saturated rings. The van der Waals surface area contributed by atoms with Crippen LogP contribution in [0.3, 0.4) is 0 Å². The summed E-state index contributed by atoms with van der Waals surface area (Å²) in [6.07, 6.45) is 0. The van der Waals surface area contributed by atoms with Gasteiger partial charge in [0.25, 0.3) is 11.6 Å². The Morgan fingerprint density at radius 1 is 0.816 bits per heavy atom. The average molecular weight is 536 g/mol. The van der Waals surface area contributed by atoms with Gasteiger partial charge in [-0.3, -0.25) is 14.9 Å². The van der Waals surface area contributed by atoms with Crippen LogP contribution in [0.15, 0.2) is 82.6 Å². The molecule has 0 atom stereocenters. The van der Waals surface area contributed by atoms with Crippen LogP contribution in [0.2, 0.25) is 0 Å². The molecule has 13 heteroatoms. The highest BCUT2D eigenvalue weighted by molar-refractivity contribution is 7.91. The van der Waals surface area contributed by atoms with Crippen molar-refractivity contribution in [2.45, 2.75) is 9.79 Å². The van der Waals surface area contributed by atoms with Crippen molar-refractivity contribution >= 4 is 49.8 Å². The van der Waals surface area contributed by atoms with Crippen molar-refractivity contribution in [3.8, 4) is 5.75 Å². The number of anilines is 1. The van der Waals surface area contributed by atoms with Crippen LogP contribution >= 0.6 is 0 Å². The maximum atomic E-state index is 13.5. The van der Waals surface area contributed by atoms with Crippen molar-refractivity contribution in [1.29, 1.82) is 0 Å². The molecule has 0 saturated carbocycles. The summed E-state index contributed by atoms with van der Waals surface area (Å²) in [5.41, 5.74) is -1.90. The van der Waals surface area contributed by atoms with Gasteiger partial charge in [0, 0.05) is 28.6 Å². The highest BCUT2D eigenvalue weighted by Gasteiger charge is 2.26. The number of phenolic OH excluding ortho intramolecular Hbond substituents is 1. The number of non-ortho nitro benzene ring substituents is 1. The molecular formula is C25H16N2O10S. The van der Waals surface area contributed by atoms with E-state index >= 15 is 0 Å². The number of amides is 1. The number of nitrogens with one attached hydrogen (secondary N) is 1. The van der Waals surface area contributed by atoms with Crippen LogP contribution in [0.25, 0.3) is 10.8 Å². The highest BCUT2D eigenvalue weighted by atomic mass is 32.2. The fourth-order valence-corrected chi connectivity index (χ4v) is 5.23. The largest absolute Gasteiger partial charge is 0.506 e. The summed E-state index contributed by atoms with van der Waals surface area (Å²) in [6, 6.07) is 13.7. The number of aromatic carboxylic acids is 2. The molecule has 4 rings (SSSR count). The lowest BCUT2D eigenvalue weighted by Crippen LogP contribution is -2.15. The molecule has 1 amide bonds. The smallest absolute Gasteiger partial charge is 0.335 e. The third kappa shape index (κ3) is 4.73. The molecule has 4 N–H and O–H groups in total. The van der Waals surface area contributed by atoms with Crippen LogP contribution in [0.5, 0.6) is 5.75 Å². The van der Waals surface area contributed by atoms with Crippen LogP contribution in [0, 0.1) is 10.1 Å². The van der Waals surface area contributed by atoms with Gasteiger partial charge in [-0.25, -0.2) is 18.0 Å². The number of fused-ring (bicyclic) bond motifs is 1. The molecule has 4 aromatic rings. The number of nitro groups is 1. The third-order valence-electron chi connectivity index (χ3n) is 5.55. The number of carbonyl (C=O) groups excluding carboxylic acids is 1. The van der Waals surface area contributed by atoms with E-state index < -0.39 is 55.0 Å². The number of aromatic hydroxyl groups is 1. The van der Waals surface area contributed by atoms with Gasteiger partial charge < -0.3 is 20.6 Å². The number of nitrogens with zero attached hydrogens (tertiary/aromatic N) is 1. The molecule has 0 aromatic heterocycles. The van der Waals surface area contributed by atoms with E-state index in [9.17, 15) is 48.2 Å².